The summed E-state index contributed by atoms with van der Waals surface area (Å²) in [6, 6.07) is 3.23. The van der Waals surface area contributed by atoms with Crippen molar-refractivity contribution >= 4 is 21.9 Å². The number of carboxylic acids is 1. The summed E-state index contributed by atoms with van der Waals surface area (Å²) in [5.74, 6) is -1.29. The lowest BCUT2D eigenvalue weighted by molar-refractivity contribution is 0.0680. The monoisotopic (exact) mass is 258 g/mol. The number of hydrogen-bond acceptors (Lipinski definition) is 5. The molecule has 0 aromatic carbocycles. The fourth-order valence-corrected chi connectivity index (χ4v) is 1.15. The van der Waals surface area contributed by atoms with E-state index in [0.29, 0.717) is 10.4 Å². The highest BCUT2D eigenvalue weighted by Gasteiger charge is 2.16. The first-order chi connectivity index (χ1) is 6.66. The molecule has 14 heavy (non-hydrogen) atoms. The lowest BCUT2D eigenvalue weighted by atomic mass is 10.4. The smallest absolute Gasteiger partial charge is 0.377 e. The van der Waals surface area contributed by atoms with Gasteiger partial charge in [-0.25, -0.2) is 4.79 Å². The highest BCUT2D eigenvalue weighted by molar-refractivity contribution is 9.10. The molecule has 0 fully saturated rings. The summed E-state index contributed by atoms with van der Waals surface area (Å²) in [4.78, 5) is 14.0. The normalized spacial score (nSPS) is 10.4. The van der Waals surface area contributed by atoms with Gasteiger partial charge in [0, 0.05) is 0 Å². The van der Waals surface area contributed by atoms with E-state index in [0.717, 1.165) is 0 Å². The second-order valence-electron chi connectivity index (χ2n) is 2.33. The van der Waals surface area contributed by atoms with Gasteiger partial charge in [-0.15, -0.1) is 0 Å². The van der Waals surface area contributed by atoms with Gasteiger partial charge in [0.1, 0.15) is 0 Å². The summed E-state index contributed by atoms with van der Waals surface area (Å²) in [5.41, 5.74) is 0. The van der Waals surface area contributed by atoms with Gasteiger partial charge in [-0.2, -0.15) is 4.98 Å². The second-order valence-corrected chi connectivity index (χ2v) is 3.11. The minimum Gasteiger partial charge on any atom is -0.475 e. The van der Waals surface area contributed by atoms with Crippen molar-refractivity contribution in [3.05, 3.63) is 22.6 Å². The molecule has 2 heterocycles. The van der Waals surface area contributed by atoms with Crippen LogP contribution in [0.25, 0.3) is 11.7 Å². The summed E-state index contributed by atoms with van der Waals surface area (Å²) in [6.45, 7) is 0. The number of carboxylic acid groups (broad SMARTS) is 1. The van der Waals surface area contributed by atoms with E-state index in [4.69, 9.17) is 9.52 Å². The van der Waals surface area contributed by atoms with Crippen LogP contribution in [0.2, 0.25) is 0 Å². The van der Waals surface area contributed by atoms with Crippen LogP contribution in [-0.2, 0) is 0 Å². The van der Waals surface area contributed by atoms with Crippen molar-refractivity contribution in [1.29, 1.82) is 0 Å². The molecular formula is C7H3BrN2O4. The van der Waals surface area contributed by atoms with Crippen molar-refractivity contribution in [1.82, 2.24) is 10.1 Å². The summed E-state index contributed by atoms with van der Waals surface area (Å²) >= 11 is 3.09. The topological polar surface area (TPSA) is 89.4 Å². The fourth-order valence-electron chi connectivity index (χ4n) is 0.840. The number of nitrogens with zero attached hydrogens (tertiary/aromatic N) is 2. The van der Waals surface area contributed by atoms with Gasteiger partial charge in [-0.05, 0) is 33.2 Å². The Morgan fingerprint density at radius 3 is 2.79 bits per heavy atom. The predicted octanol–water partition coefficient (Wildman–Crippen LogP) is 1.79. The average molecular weight is 259 g/mol. The first-order valence-corrected chi connectivity index (χ1v) is 4.29. The molecule has 0 aliphatic heterocycles. The Kier molecular flexibility index (Phi) is 2.08. The number of carbonyl (C=O) groups is 1. The molecule has 6 nitrogen and oxygen atoms in total. The molecule has 2 aromatic rings. The molecule has 0 radical (unpaired) electrons. The van der Waals surface area contributed by atoms with Crippen LogP contribution in [0.4, 0.5) is 0 Å². The number of aromatic carboxylic acids is 1. The molecule has 7 heteroatoms. The standard InChI is InChI=1S/C7H3BrN2O4/c8-4-2-1-3(13-4)6-9-5(7(11)12)10-14-6/h1-2H,(H,11,12). The Labute approximate surface area is 85.7 Å². The molecule has 0 saturated carbocycles. The molecule has 0 saturated heterocycles. The van der Waals surface area contributed by atoms with E-state index in [1.165, 1.54) is 0 Å². The molecule has 0 unspecified atom stereocenters. The zero-order valence-electron chi connectivity index (χ0n) is 6.60. The highest BCUT2D eigenvalue weighted by atomic mass is 79.9. The van der Waals surface area contributed by atoms with E-state index < -0.39 is 11.8 Å². The van der Waals surface area contributed by atoms with Crippen LogP contribution >= 0.6 is 15.9 Å². The first-order valence-electron chi connectivity index (χ1n) is 3.49. The molecular weight excluding hydrogens is 256 g/mol. The van der Waals surface area contributed by atoms with Crippen molar-refractivity contribution in [2.24, 2.45) is 0 Å². The Bertz CT molecular complexity index is 475. The fraction of sp³-hybridized carbons (Fsp3) is 0. The van der Waals surface area contributed by atoms with Crippen molar-refractivity contribution in [2.75, 3.05) is 0 Å². The molecule has 0 aliphatic carbocycles. The average Bonchev–Trinajstić information content (AvgIpc) is 2.70. The molecule has 0 amide bonds. The molecule has 0 spiro atoms. The summed E-state index contributed by atoms with van der Waals surface area (Å²) in [7, 11) is 0. The van der Waals surface area contributed by atoms with Crippen LogP contribution in [-0.4, -0.2) is 21.2 Å². The summed E-state index contributed by atoms with van der Waals surface area (Å²) in [6.07, 6.45) is 0. The SMILES string of the molecule is O=C(O)c1noc(-c2ccc(Br)o2)n1. The number of hydrogen-bond donors (Lipinski definition) is 1. The van der Waals surface area contributed by atoms with Gasteiger partial charge in [0.25, 0.3) is 11.7 Å². The Balaban J connectivity index is 2.38. The Morgan fingerprint density at radius 2 is 2.29 bits per heavy atom. The van der Waals surface area contributed by atoms with Crippen molar-refractivity contribution in [3.63, 3.8) is 0 Å². The number of furan rings is 1. The quantitative estimate of drug-likeness (QED) is 0.884. The first kappa shape index (κ1) is 8.95. The van der Waals surface area contributed by atoms with Gasteiger partial charge in [0.15, 0.2) is 10.4 Å². The largest absolute Gasteiger partial charge is 0.475 e. The lowest BCUT2D eigenvalue weighted by Crippen LogP contribution is -1.98. The van der Waals surface area contributed by atoms with Crippen molar-refractivity contribution in [2.45, 2.75) is 0 Å². The molecule has 2 rings (SSSR count). The van der Waals surface area contributed by atoms with E-state index in [1.807, 2.05) is 0 Å². The second kappa shape index (κ2) is 3.26. The summed E-state index contributed by atoms with van der Waals surface area (Å²) < 4.78 is 10.3. The molecule has 0 atom stereocenters. The highest BCUT2D eigenvalue weighted by Crippen LogP contribution is 2.23. The van der Waals surface area contributed by atoms with Crippen LogP contribution < -0.4 is 0 Å². The number of halogens is 1. The van der Waals surface area contributed by atoms with Crippen LogP contribution in [0.1, 0.15) is 10.6 Å². The zero-order valence-corrected chi connectivity index (χ0v) is 8.19. The number of rotatable bonds is 2. The third-order valence-electron chi connectivity index (χ3n) is 1.40. The van der Waals surface area contributed by atoms with Gasteiger partial charge in [0.05, 0.1) is 0 Å². The molecule has 0 bridgehead atoms. The maximum atomic E-state index is 10.4. The van der Waals surface area contributed by atoms with E-state index in [-0.39, 0.29) is 5.89 Å². The molecule has 72 valence electrons. The van der Waals surface area contributed by atoms with Crippen LogP contribution in [0, 0.1) is 0 Å². The molecule has 2 aromatic heterocycles. The number of aromatic nitrogens is 2. The minimum absolute atomic E-state index is 0.0353. The van der Waals surface area contributed by atoms with Gasteiger partial charge >= 0.3 is 5.97 Å². The lowest BCUT2D eigenvalue weighted by Gasteiger charge is -1.83. The van der Waals surface area contributed by atoms with Crippen molar-refractivity contribution < 1.29 is 18.8 Å². The van der Waals surface area contributed by atoms with Crippen LogP contribution in [0.5, 0.6) is 0 Å². The maximum Gasteiger partial charge on any atom is 0.377 e. The van der Waals surface area contributed by atoms with Crippen LogP contribution in [0.15, 0.2) is 25.7 Å². The minimum atomic E-state index is -1.24. The zero-order chi connectivity index (χ0) is 10.1. The van der Waals surface area contributed by atoms with Gasteiger partial charge in [-0.3, -0.25) is 0 Å². The van der Waals surface area contributed by atoms with Gasteiger partial charge < -0.3 is 14.0 Å². The van der Waals surface area contributed by atoms with E-state index in [2.05, 4.69) is 30.6 Å². The van der Waals surface area contributed by atoms with Crippen molar-refractivity contribution in [3.8, 4) is 11.7 Å². The van der Waals surface area contributed by atoms with E-state index >= 15 is 0 Å². The third-order valence-corrected chi connectivity index (χ3v) is 1.83. The van der Waals surface area contributed by atoms with Gasteiger partial charge in [-0.1, -0.05) is 0 Å². The molecule has 1 N–H and O–H groups in total. The predicted molar refractivity (Wildman–Crippen MR) is 46.7 cm³/mol. The third kappa shape index (κ3) is 1.53. The van der Waals surface area contributed by atoms with E-state index in [1.54, 1.807) is 12.1 Å². The maximum absolute atomic E-state index is 10.4. The molecule has 0 aliphatic rings. The Morgan fingerprint density at radius 1 is 1.50 bits per heavy atom. The Hall–Kier alpha value is -1.63. The summed E-state index contributed by atoms with van der Waals surface area (Å²) in [5, 5.41) is 11.8. The van der Waals surface area contributed by atoms with E-state index in [9.17, 15) is 4.79 Å². The van der Waals surface area contributed by atoms with Crippen LogP contribution in [0.3, 0.4) is 0 Å². The van der Waals surface area contributed by atoms with Gasteiger partial charge in [0.2, 0.25) is 0 Å².